The van der Waals surface area contributed by atoms with E-state index in [1.165, 1.54) is 44.6 Å². The highest BCUT2D eigenvalue weighted by Crippen LogP contribution is 2.29. The zero-order valence-electron chi connectivity index (χ0n) is 17.0. The van der Waals surface area contributed by atoms with Gasteiger partial charge in [-0.05, 0) is 42.5 Å². The van der Waals surface area contributed by atoms with Crippen molar-refractivity contribution >= 4 is 50.4 Å². The number of ether oxygens (including phenoxy) is 3. The molecule has 1 N–H and O–H groups in total. The van der Waals surface area contributed by atoms with Crippen molar-refractivity contribution in [1.29, 1.82) is 0 Å². The van der Waals surface area contributed by atoms with Crippen molar-refractivity contribution in [2.75, 3.05) is 25.5 Å². The second-order valence-corrected chi connectivity index (χ2v) is 9.90. The predicted octanol–water partition coefficient (Wildman–Crippen LogP) is 4.26. The largest absolute Gasteiger partial charge is 0.497 e. The molecule has 8 nitrogen and oxygen atoms in total. The van der Waals surface area contributed by atoms with E-state index in [9.17, 15) is 18.0 Å². The number of carbonyl (C=O) groups excluding carboxylic acids is 2. The number of thiophene rings is 1. The van der Waals surface area contributed by atoms with Gasteiger partial charge in [-0.3, -0.25) is 9.52 Å². The van der Waals surface area contributed by atoms with E-state index >= 15 is 0 Å². The third kappa shape index (κ3) is 5.39. The second kappa shape index (κ2) is 10.0. The Morgan fingerprint density at radius 2 is 1.75 bits per heavy atom. The predicted molar refractivity (Wildman–Crippen MR) is 121 cm³/mol. The lowest BCUT2D eigenvalue weighted by atomic mass is 10.1. The van der Waals surface area contributed by atoms with Crippen molar-refractivity contribution in [3.63, 3.8) is 0 Å². The number of carbonyl (C=O) groups is 2. The molecule has 32 heavy (non-hydrogen) atoms. The molecule has 1 heterocycles. The molecule has 0 bridgehead atoms. The summed E-state index contributed by atoms with van der Waals surface area (Å²) in [5.74, 6) is -0.647. The van der Waals surface area contributed by atoms with Gasteiger partial charge >= 0.3 is 5.97 Å². The highest BCUT2D eigenvalue weighted by Gasteiger charge is 2.22. The molecule has 0 aliphatic heterocycles. The second-order valence-electron chi connectivity index (χ2n) is 6.28. The average molecular weight is 496 g/mol. The first-order valence-corrected chi connectivity index (χ1v) is 11.7. The molecule has 1 aromatic heterocycles. The molecule has 168 valence electrons. The average Bonchev–Trinajstić information content (AvgIpc) is 3.24. The Labute approximate surface area is 193 Å². The van der Waals surface area contributed by atoms with Gasteiger partial charge in [-0.25, -0.2) is 13.2 Å². The van der Waals surface area contributed by atoms with Gasteiger partial charge in [0.25, 0.3) is 10.0 Å². The highest BCUT2D eigenvalue weighted by atomic mass is 35.5. The highest BCUT2D eigenvalue weighted by molar-refractivity contribution is 7.94. The SMILES string of the molecule is COc1ccc(OC)c(C(=O)COC(=O)c2ccccc2NS(=O)(=O)c2ccc(Cl)s2)c1. The molecular formula is C21H18ClNO7S2. The monoisotopic (exact) mass is 495 g/mol. The Bertz CT molecular complexity index is 1250. The van der Waals surface area contributed by atoms with Gasteiger partial charge < -0.3 is 14.2 Å². The van der Waals surface area contributed by atoms with Crippen LogP contribution in [0.1, 0.15) is 20.7 Å². The van der Waals surface area contributed by atoms with E-state index in [0.717, 1.165) is 11.3 Å². The van der Waals surface area contributed by atoms with E-state index in [4.69, 9.17) is 25.8 Å². The number of halogens is 1. The van der Waals surface area contributed by atoms with E-state index in [1.54, 1.807) is 24.3 Å². The van der Waals surface area contributed by atoms with Crippen molar-refractivity contribution in [1.82, 2.24) is 0 Å². The van der Waals surface area contributed by atoms with Crippen LogP contribution in [0.25, 0.3) is 0 Å². The summed E-state index contributed by atoms with van der Waals surface area (Å²) in [5.41, 5.74) is 0.140. The van der Waals surface area contributed by atoms with Gasteiger partial charge in [0.1, 0.15) is 15.7 Å². The van der Waals surface area contributed by atoms with Gasteiger partial charge in [0, 0.05) is 0 Å². The summed E-state index contributed by atoms with van der Waals surface area (Å²) in [7, 11) is -1.09. The Balaban J connectivity index is 1.76. The number of para-hydroxylation sites is 1. The molecule has 0 saturated carbocycles. The van der Waals surface area contributed by atoms with E-state index in [-0.39, 0.29) is 21.0 Å². The first kappa shape index (κ1) is 23.6. The van der Waals surface area contributed by atoms with E-state index in [2.05, 4.69) is 4.72 Å². The Morgan fingerprint density at radius 3 is 2.41 bits per heavy atom. The minimum Gasteiger partial charge on any atom is -0.497 e. The van der Waals surface area contributed by atoms with Crippen LogP contribution in [0.15, 0.2) is 58.8 Å². The van der Waals surface area contributed by atoms with Crippen molar-refractivity contribution in [2.24, 2.45) is 0 Å². The lowest BCUT2D eigenvalue weighted by Crippen LogP contribution is -2.18. The summed E-state index contributed by atoms with van der Waals surface area (Å²) < 4.78 is 43.2. The third-order valence-corrected chi connectivity index (χ3v) is 7.33. The van der Waals surface area contributed by atoms with Crippen LogP contribution in [0.5, 0.6) is 11.5 Å². The number of hydrogen-bond acceptors (Lipinski definition) is 8. The van der Waals surface area contributed by atoms with Crippen molar-refractivity contribution in [3.05, 3.63) is 70.1 Å². The molecule has 0 atom stereocenters. The number of sulfonamides is 1. The smallest absolute Gasteiger partial charge is 0.340 e. The molecule has 3 aromatic rings. The molecule has 0 aliphatic rings. The first-order valence-electron chi connectivity index (χ1n) is 9.04. The summed E-state index contributed by atoms with van der Waals surface area (Å²) in [4.78, 5) is 25.2. The normalized spacial score (nSPS) is 11.0. The minimum absolute atomic E-state index is 0.00781. The fourth-order valence-electron chi connectivity index (χ4n) is 2.71. The maximum Gasteiger partial charge on any atom is 0.340 e. The summed E-state index contributed by atoms with van der Waals surface area (Å²) in [5, 5.41) is 0. The summed E-state index contributed by atoms with van der Waals surface area (Å²) >= 11 is 6.70. The van der Waals surface area contributed by atoms with Crippen LogP contribution in [0.3, 0.4) is 0 Å². The number of esters is 1. The summed E-state index contributed by atoms with van der Waals surface area (Å²) in [6, 6.07) is 13.4. The fourth-order valence-corrected chi connectivity index (χ4v) is 5.27. The molecule has 0 amide bonds. The summed E-state index contributed by atoms with van der Waals surface area (Å²) in [6.45, 7) is -0.579. The fraction of sp³-hybridized carbons (Fsp3) is 0.143. The molecule has 0 fully saturated rings. The van der Waals surface area contributed by atoms with Gasteiger partial charge in [-0.1, -0.05) is 23.7 Å². The van der Waals surface area contributed by atoms with E-state index < -0.39 is 28.4 Å². The quantitative estimate of drug-likeness (QED) is 0.349. The maximum absolute atomic E-state index is 12.6. The van der Waals surface area contributed by atoms with Gasteiger partial charge in [0.2, 0.25) is 5.78 Å². The topological polar surface area (TPSA) is 108 Å². The molecule has 11 heteroatoms. The number of rotatable bonds is 9. The number of hydrogen-bond donors (Lipinski definition) is 1. The van der Waals surface area contributed by atoms with Gasteiger partial charge in [0.05, 0.1) is 35.4 Å². The van der Waals surface area contributed by atoms with Crippen LogP contribution in [0.2, 0.25) is 4.34 Å². The number of methoxy groups -OCH3 is 2. The molecule has 0 saturated heterocycles. The van der Waals surface area contributed by atoms with Crippen molar-refractivity contribution < 1.29 is 32.2 Å². The number of ketones is 1. The van der Waals surface area contributed by atoms with E-state index in [0.29, 0.717) is 15.8 Å². The molecule has 0 aliphatic carbocycles. The molecule has 0 radical (unpaired) electrons. The zero-order chi connectivity index (χ0) is 23.3. The maximum atomic E-state index is 12.6. The number of nitrogens with one attached hydrogen (secondary N) is 1. The minimum atomic E-state index is -3.96. The Hall–Kier alpha value is -3.08. The van der Waals surface area contributed by atoms with Crippen LogP contribution < -0.4 is 14.2 Å². The lowest BCUT2D eigenvalue weighted by molar-refractivity contribution is 0.0475. The third-order valence-electron chi connectivity index (χ3n) is 4.25. The van der Waals surface area contributed by atoms with Crippen LogP contribution in [0.4, 0.5) is 5.69 Å². The molecule has 0 unspecified atom stereocenters. The molecular weight excluding hydrogens is 478 g/mol. The molecule has 3 rings (SSSR count). The van der Waals surface area contributed by atoms with Crippen LogP contribution in [-0.4, -0.2) is 41.0 Å². The Kier molecular flexibility index (Phi) is 7.39. The van der Waals surface area contributed by atoms with Gasteiger partial charge in [0.15, 0.2) is 6.61 Å². The standard InChI is InChI=1S/C21H18ClNO7S2/c1-28-13-7-8-18(29-2)15(11-13)17(24)12-30-21(25)14-5-3-4-6-16(14)23-32(26,27)20-10-9-19(22)31-20/h3-11,23H,12H2,1-2H3. The van der Waals surface area contributed by atoms with Gasteiger partial charge in [-0.2, -0.15) is 0 Å². The van der Waals surface area contributed by atoms with Crippen LogP contribution >= 0.6 is 22.9 Å². The molecule has 2 aromatic carbocycles. The number of Topliss-reactive ketones (excluding diaryl/α,β-unsaturated/α-hetero) is 1. The number of benzene rings is 2. The molecule has 0 spiro atoms. The van der Waals surface area contributed by atoms with Crippen LogP contribution in [-0.2, 0) is 14.8 Å². The number of anilines is 1. The van der Waals surface area contributed by atoms with Crippen molar-refractivity contribution in [2.45, 2.75) is 4.21 Å². The zero-order valence-corrected chi connectivity index (χ0v) is 19.3. The van der Waals surface area contributed by atoms with Crippen LogP contribution in [0, 0.1) is 0 Å². The van der Waals surface area contributed by atoms with E-state index in [1.807, 2.05) is 0 Å². The lowest BCUT2D eigenvalue weighted by Gasteiger charge is -2.12. The Morgan fingerprint density at radius 1 is 1.00 bits per heavy atom. The summed E-state index contributed by atoms with van der Waals surface area (Å²) in [6.07, 6.45) is 0. The van der Waals surface area contributed by atoms with Gasteiger partial charge in [-0.15, -0.1) is 11.3 Å². The van der Waals surface area contributed by atoms with Crippen molar-refractivity contribution in [3.8, 4) is 11.5 Å². The first-order chi connectivity index (χ1) is 15.2.